The van der Waals surface area contributed by atoms with Crippen molar-refractivity contribution in [2.45, 2.75) is 20.8 Å². The lowest BCUT2D eigenvalue weighted by Crippen LogP contribution is -2.46. The van der Waals surface area contributed by atoms with Crippen molar-refractivity contribution in [2.24, 2.45) is 0 Å². The zero-order chi connectivity index (χ0) is 17.1. The Labute approximate surface area is 148 Å². The fourth-order valence-corrected chi connectivity index (χ4v) is 3.08. The molecule has 1 aromatic carbocycles. The molecule has 1 aliphatic heterocycles. The molecule has 0 atom stereocenters. The zero-order valence-electron chi connectivity index (χ0n) is 14.5. The van der Waals surface area contributed by atoms with Crippen LogP contribution in [0.5, 0.6) is 0 Å². The van der Waals surface area contributed by atoms with Gasteiger partial charge in [0.1, 0.15) is 5.82 Å². The number of hydrogen-bond donors (Lipinski definition) is 1. The molecule has 1 saturated heterocycles. The van der Waals surface area contributed by atoms with Crippen LogP contribution in [-0.4, -0.2) is 47.6 Å². The second kappa shape index (κ2) is 7.36. The van der Waals surface area contributed by atoms with Gasteiger partial charge in [-0.05, 0) is 38.1 Å². The normalized spacial score (nSPS) is 15.6. The van der Waals surface area contributed by atoms with Gasteiger partial charge in [-0.25, -0.2) is 4.98 Å². The fraction of sp³-hybridized carbons (Fsp3) is 0.444. The summed E-state index contributed by atoms with van der Waals surface area (Å²) in [7, 11) is 0. The molecule has 128 valence electrons. The highest BCUT2D eigenvalue weighted by atomic mass is 35.5. The molecular formula is C18H24ClN5. The van der Waals surface area contributed by atoms with Crippen LogP contribution in [0, 0.1) is 13.8 Å². The molecule has 1 aliphatic rings. The summed E-state index contributed by atoms with van der Waals surface area (Å²) >= 11 is 6.21. The van der Waals surface area contributed by atoms with E-state index in [1.165, 1.54) is 0 Å². The Balaban J connectivity index is 1.80. The third kappa shape index (κ3) is 3.79. The van der Waals surface area contributed by atoms with Gasteiger partial charge in [-0.1, -0.05) is 24.6 Å². The van der Waals surface area contributed by atoms with Gasteiger partial charge in [0, 0.05) is 48.6 Å². The van der Waals surface area contributed by atoms with Gasteiger partial charge in [0.25, 0.3) is 0 Å². The summed E-state index contributed by atoms with van der Waals surface area (Å²) in [5.74, 6) is 1.61. The Morgan fingerprint density at radius 1 is 1.12 bits per heavy atom. The van der Waals surface area contributed by atoms with Gasteiger partial charge in [-0.2, -0.15) is 4.98 Å². The van der Waals surface area contributed by atoms with E-state index < -0.39 is 0 Å². The maximum atomic E-state index is 6.21. The summed E-state index contributed by atoms with van der Waals surface area (Å²) in [6.45, 7) is 11.4. The van der Waals surface area contributed by atoms with Crippen LogP contribution in [-0.2, 0) is 0 Å². The standard InChI is InChI=1S/C18H24ClN5/c1-4-23-8-10-24(11-9-23)18-20-13(2)12-17(22-18)21-16-7-5-6-15(19)14(16)3/h5-7,12H,4,8-11H2,1-3H3,(H,20,21,22). The molecule has 0 amide bonds. The lowest BCUT2D eigenvalue weighted by atomic mass is 10.2. The SMILES string of the molecule is CCN1CCN(c2nc(C)cc(Nc3cccc(Cl)c3C)n2)CC1. The van der Waals surface area contributed by atoms with Gasteiger partial charge in [0.05, 0.1) is 0 Å². The number of nitrogens with zero attached hydrogens (tertiary/aromatic N) is 4. The van der Waals surface area contributed by atoms with Crippen molar-refractivity contribution >= 4 is 29.1 Å². The summed E-state index contributed by atoms with van der Waals surface area (Å²) in [6, 6.07) is 7.81. The van der Waals surface area contributed by atoms with Crippen LogP contribution >= 0.6 is 11.6 Å². The molecule has 0 radical (unpaired) electrons. The second-order valence-corrected chi connectivity index (χ2v) is 6.56. The quantitative estimate of drug-likeness (QED) is 0.916. The van der Waals surface area contributed by atoms with Crippen LogP contribution in [0.4, 0.5) is 17.5 Å². The average molecular weight is 346 g/mol. The first-order valence-electron chi connectivity index (χ1n) is 8.42. The molecule has 5 nitrogen and oxygen atoms in total. The molecule has 0 spiro atoms. The lowest BCUT2D eigenvalue weighted by Gasteiger charge is -2.34. The number of hydrogen-bond acceptors (Lipinski definition) is 5. The Morgan fingerprint density at radius 3 is 2.58 bits per heavy atom. The highest BCUT2D eigenvalue weighted by Gasteiger charge is 2.18. The monoisotopic (exact) mass is 345 g/mol. The van der Waals surface area contributed by atoms with E-state index in [1.54, 1.807) is 0 Å². The van der Waals surface area contributed by atoms with E-state index in [2.05, 4.69) is 27.0 Å². The topological polar surface area (TPSA) is 44.3 Å². The van der Waals surface area contributed by atoms with E-state index in [0.717, 1.165) is 66.5 Å². The molecule has 1 aromatic heterocycles. The Morgan fingerprint density at radius 2 is 1.88 bits per heavy atom. The van der Waals surface area contributed by atoms with Crippen molar-refractivity contribution in [2.75, 3.05) is 42.9 Å². The van der Waals surface area contributed by atoms with E-state index in [0.29, 0.717) is 0 Å². The van der Waals surface area contributed by atoms with Crippen LogP contribution in [0.25, 0.3) is 0 Å². The number of anilines is 3. The highest BCUT2D eigenvalue weighted by molar-refractivity contribution is 6.31. The number of aryl methyl sites for hydroxylation is 1. The van der Waals surface area contributed by atoms with Crippen LogP contribution in [0.15, 0.2) is 24.3 Å². The summed E-state index contributed by atoms with van der Waals surface area (Å²) in [5, 5.41) is 4.13. The molecular weight excluding hydrogens is 322 g/mol. The smallest absolute Gasteiger partial charge is 0.227 e. The molecule has 24 heavy (non-hydrogen) atoms. The highest BCUT2D eigenvalue weighted by Crippen LogP contribution is 2.26. The molecule has 2 aromatic rings. The first-order chi connectivity index (χ1) is 11.6. The molecule has 2 heterocycles. The Kier molecular flexibility index (Phi) is 5.21. The van der Waals surface area contributed by atoms with Gasteiger partial charge in [0.15, 0.2) is 0 Å². The van der Waals surface area contributed by atoms with E-state index >= 15 is 0 Å². The Bertz CT molecular complexity index is 711. The lowest BCUT2D eigenvalue weighted by molar-refractivity contribution is 0.270. The van der Waals surface area contributed by atoms with Crippen LogP contribution < -0.4 is 10.2 Å². The van der Waals surface area contributed by atoms with Crippen LogP contribution in [0.1, 0.15) is 18.2 Å². The number of piperazine rings is 1. The molecule has 1 N–H and O–H groups in total. The van der Waals surface area contributed by atoms with Gasteiger partial charge in [-0.3, -0.25) is 0 Å². The summed E-state index contributed by atoms with van der Waals surface area (Å²) in [4.78, 5) is 14.0. The Hall–Kier alpha value is -1.85. The van der Waals surface area contributed by atoms with Crippen LogP contribution in [0.2, 0.25) is 5.02 Å². The van der Waals surface area contributed by atoms with Crippen LogP contribution in [0.3, 0.4) is 0 Å². The number of benzene rings is 1. The first kappa shape index (κ1) is 17.0. The van der Waals surface area contributed by atoms with Gasteiger partial charge < -0.3 is 15.1 Å². The van der Waals surface area contributed by atoms with Gasteiger partial charge in [-0.15, -0.1) is 0 Å². The third-order valence-corrected chi connectivity index (χ3v) is 4.88. The van der Waals surface area contributed by atoms with Crippen molar-refractivity contribution < 1.29 is 0 Å². The fourth-order valence-electron chi connectivity index (χ4n) is 2.90. The molecule has 3 rings (SSSR count). The first-order valence-corrected chi connectivity index (χ1v) is 8.79. The number of halogens is 1. The maximum Gasteiger partial charge on any atom is 0.227 e. The predicted octanol–water partition coefficient (Wildman–Crippen LogP) is 3.63. The largest absolute Gasteiger partial charge is 0.340 e. The van der Waals surface area contributed by atoms with Crippen molar-refractivity contribution in [3.05, 3.63) is 40.5 Å². The number of nitrogens with one attached hydrogen (secondary N) is 1. The second-order valence-electron chi connectivity index (χ2n) is 6.15. The van der Waals surface area contributed by atoms with Gasteiger partial charge >= 0.3 is 0 Å². The molecule has 6 heteroatoms. The van der Waals surface area contributed by atoms with Crippen molar-refractivity contribution in [3.8, 4) is 0 Å². The van der Waals surface area contributed by atoms with E-state index in [-0.39, 0.29) is 0 Å². The summed E-state index contributed by atoms with van der Waals surface area (Å²) in [5.41, 5.74) is 2.95. The van der Waals surface area contributed by atoms with Crippen molar-refractivity contribution in [3.63, 3.8) is 0 Å². The van der Waals surface area contributed by atoms with E-state index in [1.807, 2.05) is 38.1 Å². The minimum atomic E-state index is 0.752. The predicted molar refractivity (Wildman–Crippen MR) is 101 cm³/mol. The zero-order valence-corrected chi connectivity index (χ0v) is 15.3. The maximum absolute atomic E-state index is 6.21. The average Bonchev–Trinajstić information content (AvgIpc) is 2.58. The van der Waals surface area contributed by atoms with E-state index in [9.17, 15) is 0 Å². The minimum absolute atomic E-state index is 0.752. The molecule has 0 saturated carbocycles. The number of likely N-dealkylation sites (N-methyl/N-ethyl adjacent to an activating group) is 1. The summed E-state index contributed by atoms with van der Waals surface area (Å²) < 4.78 is 0. The molecule has 0 bridgehead atoms. The molecule has 0 aliphatic carbocycles. The number of rotatable bonds is 4. The number of aromatic nitrogens is 2. The van der Waals surface area contributed by atoms with Crippen molar-refractivity contribution in [1.82, 2.24) is 14.9 Å². The molecule has 0 unspecified atom stereocenters. The molecule has 1 fully saturated rings. The van der Waals surface area contributed by atoms with Gasteiger partial charge in [0.2, 0.25) is 5.95 Å². The minimum Gasteiger partial charge on any atom is -0.340 e. The third-order valence-electron chi connectivity index (χ3n) is 4.48. The van der Waals surface area contributed by atoms with Crippen molar-refractivity contribution in [1.29, 1.82) is 0 Å². The summed E-state index contributed by atoms with van der Waals surface area (Å²) in [6.07, 6.45) is 0. The van der Waals surface area contributed by atoms with E-state index in [4.69, 9.17) is 16.6 Å².